The van der Waals surface area contributed by atoms with E-state index < -0.39 is 0 Å². The minimum absolute atomic E-state index is 0.162. The van der Waals surface area contributed by atoms with Crippen LogP contribution >= 0.6 is 15.9 Å². The summed E-state index contributed by atoms with van der Waals surface area (Å²) in [4.78, 5) is 11.2. The molecule has 2 atom stereocenters. The summed E-state index contributed by atoms with van der Waals surface area (Å²) in [5.74, 6) is 0.495. The van der Waals surface area contributed by atoms with Gasteiger partial charge in [-0.05, 0) is 0 Å². The molecule has 0 amide bonds. The van der Waals surface area contributed by atoms with E-state index in [-0.39, 0.29) is 10.7 Å². The Labute approximate surface area is 63.3 Å². The highest BCUT2D eigenvalue weighted by atomic mass is 79.9. The Balaban J connectivity index is 2.69. The number of hydrogen-bond donors (Lipinski definition) is 0. The average Bonchev–Trinajstić information content (AvgIpc) is 1.83. The van der Waals surface area contributed by atoms with Crippen molar-refractivity contribution in [1.29, 1.82) is 0 Å². The molecule has 1 rings (SSSR count). The smallest absolute Gasteiger partial charge is 0.140 e. The monoisotopic (exact) mass is 188 g/mol. The first-order chi connectivity index (χ1) is 4.22. The van der Waals surface area contributed by atoms with Gasteiger partial charge in [0.05, 0.1) is 0 Å². The average molecular weight is 189 g/mol. The second-order valence-corrected chi connectivity index (χ2v) is 3.39. The lowest BCUT2D eigenvalue weighted by atomic mass is 9.95. The lowest BCUT2D eigenvalue weighted by Crippen LogP contribution is -2.21. The molecule has 0 N–H and O–H groups in total. The second kappa shape index (κ2) is 2.65. The summed E-state index contributed by atoms with van der Waals surface area (Å²) >= 11 is 3.39. The molecule has 1 aliphatic carbocycles. The number of carbonyl (C=O) groups excluding carboxylic acids is 1. The van der Waals surface area contributed by atoms with Crippen LogP contribution in [0.4, 0.5) is 0 Å². The van der Waals surface area contributed by atoms with Gasteiger partial charge >= 0.3 is 0 Å². The van der Waals surface area contributed by atoms with E-state index in [4.69, 9.17) is 0 Å². The van der Waals surface area contributed by atoms with E-state index in [2.05, 4.69) is 15.9 Å². The molecule has 0 saturated heterocycles. The van der Waals surface area contributed by atoms with Crippen molar-refractivity contribution in [3.63, 3.8) is 0 Å². The minimum atomic E-state index is 0.162. The van der Waals surface area contributed by atoms with Crippen molar-refractivity contribution in [1.82, 2.24) is 0 Å². The molecule has 0 spiro atoms. The van der Waals surface area contributed by atoms with Crippen molar-refractivity contribution >= 4 is 21.7 Å². The van der Waals surface area contributed by atoms with Gasteiger partial charge < -0.3 is 0 Å². The number of hydrogen-bond acceptors (Lipinski definition) is 1. The summed E-state index contributed by atoms with van der Waals surface area (Å²) in [6.07, 6.45) is 4.57. The Morgan fingerprint density at radius 2 is 2.44 bits per heavy atom. The van der Waals surface area contributed by atoms with E-state index in [1.807, 2.05) is 19.1 Å². The molecule has 0 bridgehead atoms. The topological polar surface area (TPSA) is 17.1 Å². The fourth-order valence-corrected chi connectivity index (χ4v) is 1.35. The first-order valence-electron chi connectivity index (χ1n) is 3.05. The molecular formula is C7H9BrO. The third-order valence-corrected chi connectivity index (χ3v) is 2.72. The second-order valence-electron chi connectivity index (χ2n) is 2.33. The van der Waals surface area contributed by atoms with Crippen LogP contribution in [0, 0.1) is 5.92 Å². The van der Waals surface area contributed by atoms with Crippen LogP contribution in [0.5, 0.6) is 0 Å². The quantitative estimate of drug-likeness (QED) is 0.420. The normalized spacial score (nSPS) is 35.1. The summed E-state index contributed by atoms with van der Waals surface area (Å²) in [5.41, 5.74) is 0. The largest absolute Gasteiger partial charge is 0.299 e. The molecule has 0 saturated carbocycles. The molecule has 0 radical (unpaired) electrons. The van der Waals surface area contributed by atoms with Crippen molar-refractivity contribution in [3.05, 3.63) is 12.2 Å². The maximum Gasteiger partial charge on any atom is 0.140 e. The maximum absolute atomic E-state index is 10.9. The highest BCUT2D eigenvalue weighted by Crippen LogP contribution is 2.20. The summed E-state index contributed by atoms with van der Waals surface area (Å²) in [5, 5.41) is 0. The molecule has 0 aromatic heterocycles. The predicted octanol–water partition coefficient (Wildman–Crippen LogP) is 1.92. The highest BCUT2D eigenvalue weighted by molar-refractivity contribution is 9.09. The summed E-state index contributed by atoms with van der Waals surface area (Å²) in [6, 6.07) is 0. The number of carbonyl (C=O) groups is 1. The number of alkyl halides is 1. The van der Waals surface area contributed by atoms with Crippen LogP contribution < -0.4 is 0 Å². The van der Waals surface area contributed by atoms with Gasteiger partial charge in [-0.25, -0.2) is 0 Å². The first kappa shape index (κ1) is 7.00. The van der Waals surface area contributed by atoms with E-state index in [9.17, 15) is 4.79 Å². The number of rotatable bonds is 0. The van der Waals surface area contributed by atoms with Gasteiger partial charge in [0.1, 0.15) is 5.78 Å². The Bertz CT molecular complexity index is 151. The van der Waals surface area contributed by atoms with Crippen molar-refractivity contribution in [2.45, 2.75) is 18.2 Å². The predicted molar refractivity (Wildman–Crippen MR) is 40.6 cm³/mol. The van der Waals surface area contributed by atoms with Crippen molar-refractivity contribution in [3.8, 4) is 0 Å². The number of halogens is 1. The molecule has 0 heterocycles. The van der Waals surface area contributed by atoms with Crippen molar-refractivity contribution in [2.75, 3.05) is 0 Å². The molecule has 9 heavy (non-hydrogen) atoms. The van der Waals surface area contributed by atoms with Gasteiger partial charge in [-0.1, -0.05) is 35.0 Å². The number of ketones is 1. The lowest BCUT2D eigenvalue weighted by molar-refractivity contribution is -0.121. The molecular weight excluding hydrogens is 180 g/mol. The van der Waals surface area contributed by atoms with Gasteiger partial charge in [-0.2, -0.15) is 0 Å². The van der Waals surface area contributed by atoms with Crippen LogP contribution in [0.2, 0.25) is 0 Å². The molecule has 0 aromatic carbocycles. The first-order valence-corrected chi connectivity index (χ1v) is 3.97. The molecule has 2 heteroatoms. The van der Waals surface area contributed by atoms with E-state index in [0.717, 1.165) is 0 Å². The fourth-order valence-electron chi connectivity index (χ4n) is 0.844. The summed E-state index contributed by atoms with van der Waals surface area (Å²) in [7, 11) is 0. The zero-order valence-corrected chi connectivity index (χ0v) is 6.89. The zero-order valence-electron chi connectivity index (χ0n) is 5.30. The Hall–Kier alpha value is -0.110. The van der Waals surface area contributed by atoms with Gasteiger partial charge in [0.15, 0.2) is 0 Å². The van der Waals surface area contributed by atoms with Crippen LogP contribution in [-0.2, 0) is 4.79 Å². The van der Waals surface area contributed by atoms with Gasteiger partial charge in [-0.15, -0.1) is 0 Å². The zero-order chi connectivity index (χ0) is 6.85. The Kier molecular flexibility index (Phi) is 2.06. The summed E-state index contributed by atoms with van der Waals surface area (Å²) < 4.78 is 0. The molecule has 1 nitrogen and oxygen atoms in total. The maximum atomic E-state index is 10.9. The van der Waals surface area contributed by atoms with Crippen LogP contribution in [0.25, 0.3) is 0 Å². The van der Waals surface area contributed by atoms with E-state index in [1.54, 1.807) is 0 Å². The Morgan fingerprint density at radius 1 is 1.78 bits per heavy atom. The molecule has 0 fully saturated rings. The number of Topliss-reactive ketones (excluding diaryl/α,β-unsaturated/α-hetero) is 1. The van der Waals surface area contributed by atoms with Crippen molar-refractivity contribution < 1.29 is 4.79 Å². The fraction of sp³-hybridized carbons (Fsp3) is 0.571. The third-order valence-electron chi connectivity index (χ3n) is 1.62. The molecule has 1 aliphatic rings. The lowest BCUT2D eigenvalue weighted by Gasteiger charge is -2.16. The molecule has 50 valence electrons. The van der Waals surface area contributed by atoms with E-state index in [1.165, 1.54) is 0 Å². The minimum Gasteiger partial charge on any atom is -0.299 e. The Morgan fingerprint density at radius 3 is 2.89 bits per heavy atom. The van der Waals surface area contributed by atoms with Gasteiger partial charge in [0.25, 0.3) is 0 Å². The van der Waals surface area contributed by atoms with E-state index in [0.29, 0.717) is 12.2 Å². The van der Waals surface area contributed by atoms with Crippen LogP contribution in [0.3, 0.4) is 0 Å². The van der Waals surface area contributed by atoms with Gasteiger partial charge in [-0.3, -0.25) is 4.79 Å². The highest BCUT2D eigenvalue weighted by Gasteiger charge is 2.21. The summed E-state index contributed by atoms with van der Waals surface area (Å²) in [6.45, 7) is 1.95. The molecule has 0 aromatic rings. The molecule has 0 aliphatic heterocycles. The van der Waals surface area contributed by atoms with Gasteiger partial charge in [0.2, 0.25) is 0 Å². The standard InChI is InChI=1S/C7H9BrO/c1-5-6(8)3-2-4-7(5)9/h2-3,5-6H,4H2,1H3. The van der Waals surface area contributed by atoms with Gasteiger partial charge in [0, 0.05) is 17.2 Å². The van der Waals surface area contributed by atoms with Crippen LogP contribution in [0.15, 0.2) is 12.2 Å². The van der Waals surface area contributed by atoms with E-state index >= 15 is 0 Å². The van der Waals surface area contributed by atoms with Crippen LogP contribution in [0.1, 0.15) is 13.3 Å². The van der Waals surface area contributed by atoms with Crippen molar-refractivity contribution in [2.24, 2.45) is 5.92 Å². The van der Waals surface area contributed by atoms with Crippen LogP contribution in [-0.4, -0.2) is 10.6 Å². The SMILES string of the molecule is CC1C(=O)CC=CC1Br. The molecule has 2 unspecified atom stereocenters. The third kappa shape index (κ3) is 1.42. The number of allylic oxidation sites excluding steroid dienone is 2.